The Bertz CT molecular complexity index is 536. The molecule has 0 saturated heterocycles. The van der Waals surface area contributed by atoms with Gasteiger partial charge in [-0.05, 0) is 24.1 Å². The number of rotatable bonds is 7. The molecule has 108 valence electrons. The van der Waals surface area contributed by atoms with Gasteiger partial charge in [0, 0.05) is 24.2 Å². The van der Waals surface area contributed by atoms with E-state index in [1.54, 1.807) is 13.0 Å². The number of hydrogen-bond acceptors (Lipinski definition) is 4. The maximum Gasteiger partial charge on any atom is 0.335 e. The number of benzene rings is 1. The van der Waals surface area contributed by atoms with Crippen molar-refractivity contribution in [3.63, 3.8) is 0 Å². The average molecular weight is 276 g/mol. The van der Waals surface area contributed by atoms with E-state index in [0.29, 0.717) is 23.7 Å². The molecule has 0 fully saturated rings. The maximum atomic E-state index is 11.6. The predicted octanol–water partition coefficient (Wildman–Crippen LogP) is 2.80. The van der Waals surface area contributed by atoms with Gasteiger partial charge in [-0.3, -0.25) is 10.2 Å². The standard InChI is InChI=1S/C15H20N2O3/c1-4-13(18)14(16)10-5-11(15(19)20)7-12(6-10)17-8-9(2)3/h5-7,9,16-17H,4,8H2,1-3H3,(H,19,20). The molecule has 1 aromatic rings. The number of carboxylic acids is 1. The smallest absolute Gasteiger partial charge is 0.335 e. The first kappa shape index (κ1) is 15.9. The molecular weight excluding hydrogens is 256 g/mol. The van der Waals surface area contributed by atoms with E-state index >= 15 is 0 Å². The first-order valence-corrected chi connectivity index (χ1v) is 6.59. The van der Waals surface area contributed by atoms with Crippen LogP contribution in [0.5, 0.6) is 0 Å². The third-order valence-electron chi connectivity index (χ3n) is 2.78. The lowest BCUT2D eigenvalue weighted by atomic mass is 10.0. The minimum Gasteiger partial charge on any atom is -0.478 e. The van der Waals surface area contributed by atoms with E-state index in [9.17, 15) is 9.59 Å². The SMILES string of the molecule is CCC(=O)C(=N)c1cc(NCC(C)C)cc(C(=O)O)c1. The van der Waals surface area contributed by atoms with Crippen LogP contribution in [0.15, 0.2) is 18.2 Å². The molecule has 3 N–H and O–H groups in total. The molecule has 1 rings (SSSR count). The van der Waals surface area contributed by atoms with Gasteiger partial charge in [-0.1, -0.05) is 20.8 Å². The number of anilines is 1. The molecule has 0 heterocycles. The van der Waals surface area contributed by atoms with Crippen molar-refractivity contribution in [2.24, 2.45) is 5.92 Å². The van der Waals surface area contributed by atoms with Gasteiger partial charge in [0.1, 0.15) is 5.71 Å². The van der Waals surface area contributed by atoms with Crippen molar-refractivity contribution < 1.29 is 14.7 Å². The highest BCUT2D eigenvalue weighted by atomic mass is 16.4. The van der Waals surface area contributed by atoms with Crippen LogP contribution in [0.3, 0.4) is 0 Å². The second-order valence-electron chi connectivity index (χ2n) is 5.03. The van der Waals surface area contributed by atoms with Gasteiger partial charge in [0.25, 0.3) is 0 Å². The second-order valence-corrected chi connectivity index (χ2v) is 5.03. The molecule has 0 aliphatic heterocycles. The van der Waals surface area contributed by atoms with Crippen molar-refractivity contribution >= 4 is 23.2 Å². The Hall–Kier alpha value is -2.17. The third-order valence-corrected chi connectivity index (χ3v) is 2.78. The Morgan fingerprint density at radius 3 is 2.35 bits per heavy atom. The summed E-state index contributed by atoms with van der Waals surface area (Å²) in [6.45, 7) is 6.45. The molecule has 0 aliphatic carbocycles. The summed E-state index contributed by atoms with van der Waals surface area (Å²) in [6, 6.07) is 4.52. The number of carbonyl (C=O) groups is 2. The molecule has 0 amide bonds. The van der Waals surface area contributed by atoms with Crippen molar-refractivity contribution in [3.8, 4) is 0 Å². The van der Waals surface area contributed by atoms with Crippen molar-refractivity contribution in [3.05, 3.63) is 29.3 Å². The molecule has 5 heteroatoms. The summed E-state index contributed by atoms with van der Waals surface area (Å²) in [5.41, 5.74) is 0.871. The summed E-state index contributed by atoms with van der Waals surface area (Å²) in [5, 5.41) is 20.0. The number of aromatic carboxylic acids is 1. The monoisotopic (exact) mass is 276 g/mol. The lowest BCUT2D eigenvalue weighted by molar-refractivity contribution is -0.112. The van der Waals surface area contributed by atoms with Gasteiger partial charge in [-0.25, -0.2) is 4.79 Å². The highest BCUT2D eigenvalue weighted by Gasteiger charge is 2.14. The Morgan fingerprint density at radius 1 is 1.25 bits per heavy atom. The zero-order valence-corrected chi connectivity index (χ0v) is 12.0. The minimum atomic E-state index is -1.07. The van der Waals surface area contributed by atoms with E-state index in [1.165, 1.54) is 12.1 Å². The van der Waals surface area contributed by atoms with Crippen LogP contribution in [0.4, 0.5) is 5.69 Å². The van der Waals surface area contributed by atoms with E-state index in [4.69, 9.17) is 10.5 Å². The zero-order chi connectivity index (χ0) is 15.3. The Kier molecular flexibility index (Phi) is 5.43. The van der Waals surface area contributed by atoms with E-state index in [-0.39, 0.29) is 23.5 Å². The fourth-order valence-electron chi connectivity index (χ4n) is 1.66. The summed E-state index contributed by atoms with van der Waals surface area (Å²) >= 11 is 0. The molecule has 0 saturated carbocycles. The molecule has 0 aliphatic rings. The van der Waals surface area contributed by atoms with Gasteiger partial charge in [0.15, 0.2) is 5.78 Å². The predicted molar refractivity (Wildman–Crippen MR) is 78.9 cm³/mol. The first-order valence-electron chi connectivity index (χ1n) is 6.59. The summed E-state index contributed by atoms with van der Waals surface area (Å²) in [6.07, 6.45) is 0.227. The van der Waals surface area contributed by atoms with Gasteiger partial charge in [-0.15, -0.1) is 0 Å². The van der Waals surface area contributed by atoms with Crippen LogP contribution < -0.4 is 5.32 Å². The van der Waals surface area contributed by atoms with Crippen LogP contribution >= 0.6 is 0 Å². The lowest BCUT2D eigenvalue weighted by Gasteiger charge is -2.12. The van der Waals surface area contributed by atoms with Crippen LogP contribution in [0.25, 0.3) is 0 Å². The quantitative estimate of drug-likeness (QED) is 0.668. The summed E-state index contributed by atoms with van der Waals surface area (Å²) < 4.78 is 0. The fourth-order valence-corrected chi connectivity index (χ4v) is 1.66. The zero-order valence-electron chi connectivity index (χ0n) is 12.0. The van der Waals surface area contributed by atoms with Gasteiger partial charge >= 0.3 is 5.97 Å². The second kappa shape index (κ2) is 6.84. The van der Waals surface area contributed by atoms with Crippen LogP contribution in [0, 0.1) is 11.3 Å². The van der Waals surface area contributed by atoms with E-state index in [0.717, 1.165) is 0 Å². The average Bonchev–Trinajstić information content (AvgIpc) is 2.42. The maximum absolute atomic E-state index is 11.6. The summed E-state index contributed by atoms with van der Waals surface area (Å²) in [7, 11) is 0. The Morgan fingerprint density at radius 2 is 1.85 bits per heavy atom. The van der Waals surface area contributed by atoms with Crippen molar-refractivity contribution in [2.45, 2.75) is 27.2 Å². The Balaban J connectivity index is 3.14. The largest absolute Gasteiger partial charge is 0.478 e. The molecule has 0 spiro atoms. The number of nitrogens with one attached hydrogen (secondary N) is 2. The van der Waals surface area contributed by atoms with E-state index in [2.05, 4.69) is 5.32 Å². The summed E-state index contributed by atoms with van der Waals surface area (Å²) in [5.74, 6) is -0.970. The molecule has 0 atom stereocenters. The van der Waals surface area contributed by atoms with Crippen LogP contribution in [-0.2, 0) is 4.79 Å². The van der Waals surface area contributed by atoms with Gasteiger partial charge in [-0.2, -0.15) is 0 Å². The van der Waals surface area contributed by atoms with Crippen LogP contribution in [0.1, 0.15) is 43.1 Å². The molecule has 0 radical (unpaired) electrons. The van der Waals surface area contributed by atoms with Crippen molar-refractivity contribution in [2.75, 3.05) is 11.9 Å². The summed E-state index contributed by atoms with van der Waals surface area (Å²) in [4.78, 5) is 22.7. The van der Waals surface area contributed by atoms with Crippen molar-refractivity contribution in [1.29, 1.82) is 5.41 Å². The highest BCUT2D eigenvalue weighted by Crippen LogP contribution is 2.17. The van der Waals surface area contributed by atoms with Gasteiger partial charge in [0.2, 0.25) is 0 Å². The fraction of sp³-hybridized carbons (Fsp3) is 0.400. The lowest BCUT2D eigenvalue weighted by Crippen LogP contribution is -2.15. The highest BCUT2D eigenvalue weighted by molar-refractivity contribution is 6.45. The topological polar surface area (TPSA) is 90.3 Å². The van der Waals surface area contributed by atoms with Crippen molar-refractivity contribution in [1.82, 2.24) is 0 Å². The molecule has 20 heavy (non-hydrogen) atoms. The molecule has 0 bridgehead atoms. The first-order chi connectivity index (χ1) is 9.35. The van der Waals surface area contributed by atoms with Crippen LogP contribution in [-0.4, -0.2) is 29.1 Å². The van der Waals surface area contributed by atoms with Crippen LogP contribution in [0.2, 0.25) is 0 Å². The van der Waals surface area contributed by atoms with E-state index < -0.39 is 5.97 Å². The molecule has 5 nitrogen and oxygen atoms in total. The number of Topliss-reactive ketones (excluding diaryl/α,β-unsaturated/α-hetero) is 1. The molecule has 1 aromatic carbocycles. The molecular formula is C15H20N2O3. The molecule has 0 aromatic heterocycles. The van der Waals surface area contributed by atoms with Gasteiger partial charge in [0.05, 0.1) is 5.56 Å². The number of ketones is 1. The number of hydrogen-bond donors (Lipinski definition) is 3. The number of carboxylic acid groups (broad SMARTS) is 1. The van der Waals surface area contributed by atoms with E-state index in [1.807, 2.05) is 13.8 Å². The minimum absolute atomic E-state index is 0.0717. The Labute approximate surface area is 118 Å². The molecule has 0 unspecified atom stereocenters. The number of carbonyl (C=O) groups excluding carboxylic acids is 1. The normalized spacial score (nSPS) is 10.4. The third kappa shape index (κ3) is 4.19. The van der Waals surface area contributed by atoms with Gasteiger partial charge < -0.3 is 10.4 Å².